The molecule has 5 rings (SSSR count). The number of carbonyl (C=O) groups excluding carboxylic acids is 4. The predicted octanol–water partition coefficient (Wildman–Crippen LogP) is -0.809. The summed E-state index contributed by atoms with van der Waals surface area (Å²) in [6.07, 6.45) is 1.28. The van der Waals surface area contributed by atoms with Crippen LogP contribution < -0.4 is 11.1 Å². The van der Waals surface area contributed by atoms with E-state index in [1.165, 1.54) is 0 Å². The zero-order valence-electron chi connectivity index (χ0n) is 16.7. The van der Waals surface area contributed by atoms with Crippen LogP contribution in [0.15, 0.2) is 18.2 Å². The second-order valence-electron chi connectivity index (χ2n) is 8.61. The molecule has 0 spiro atoms. The zero-order chi connectivity index (χ0) is 21.0. The summed E-state index contributed by atoms with van der Waals surface area (Å²) in [6.45, 7) is 3.14. The molecule has 3 unspecified atom stereocenters. The number of rotatable bonds is 3. The van der Waals surface area contributed by atoms with Crippen molar-refractivity contribution in [3.05, 3.63) is 34.9 Å². The SMILES string of the molecule is NC1CC2CN(Cc3cccc4c3C(=O)N(C3CCC(=O)NC3=O)C4)CCN2C1=O. The molecule has 3 saturated heterocycles. The van der Waals surface area contributed by atoms with Gasteiger partial charge in [-0.15, -0.1) is 0 Å². The van der Waals surface area contributed by atoms with Crippen LogP contribution in [0.3, 0.4) is 0 Å². The molecule has 0 aromatic heterocycles. The molecule has 0 saturated carbocycles. The van der Waals surface area contributed by atoms with E-state index in [-0.39, 0.29) is 30.2 Å². The highest BCUT2D eigenvalue weighted by atomic mass is 16.2. The number of hydrogen-bond donors (Lipinski definition) is 2. The van der Waals surface area contributed by atoms with E-state index in [0.717, 1.165) is 24.2 Å². The quantitative estimate of drug-likeness (QED) is 0.629. The van der Waals surface area contributed by atoms with E-state index in [1.807, 2.05) is 23.1 Å². The van der Waals surface area contributed by atoms with Crippen molar-refractivity contribution in [1.82, 2.24) is 20.0 Å². The molecular weight excluding hydrogens is 386 g/mol. The summed E-state index contributed by atoms with van der Waals surface area (Å²) < 4.78 is 0. The summed E-state index contributed by atoms with van der Waals surface area (Å²) in [5.41, 5.74) is 8.45. The van der Waals surface area contributed by atoms with Crippen LogP contribution in [0.5, 0.6) is 0 Å². The monoisotopic (exact) mass is 411 g/mol. The second-order valence-corrected chi connectivity index (χ2v) is 8.61. The van der Waals surface area contributed by atoms with Gasteiger partial charge in [0.2, 0.25) is 17.7 Å². The molecule has 3 fully saturated rings. The normalized spacial score (nSPS) is 29.3. The first-order valence-electron chi connectivity index (χ1n) is 10.5. The van der Waals surface area contributed by atoms with Crippen molar-refractivity contribution < 1.29 is 19.2 Å². The number of imide groups is 1. The lowest BCUT2D eigenvalue weighted by atomic mass is 10.0. The molecule has 1 aromatic carbocycles. The van der Waals surface area contributed by atoms with Gasteiger partial charge in [0, 0.05) is 50.7 Å². The van der Waals surface area contributed by atoms with E-state index in [0.29, 0.717) is 38.0 Å². The fraction of sp³-hybridized carbons (Fsp3) is 0.524. The number of fused-ring (bicyclic) bond motifs is 2. The minimum atomic E-state index is -0.606. The van der Waals surface area contributed by atoms with Gasteiger partial charge in [-0.25, -0.2) is 0 Å². The maximum absolute atomic E-state index is 13.2. The standard InChI is InChI=1S/C21H25N5O4/c22-15-8-14-11-24(6-7-25(14)20(15)29)9-12-2-1-3-13-10-26(21(30)18(12)13)16-4-5-17(27)23-19(16)28/h1-3,14-16H,4-11,22H2,(H,23,27,28). The molecular formula is C21H25N5O4. The molecule has 4 heterocycles. The molecule has 4 amide bonds. The fourth-order valence-electron chi connectivity index (χ4n) is 5.22. The maximum atomic E-state index is 13.2. The van der Waals surface area contributed by atoms with Crippen LogP contribution in [0, 0.1) is 0 Å². The Morgan fingerprint density at radius 3 is 2.73 bits per heavy atom. The van der Waals surface area contributed by atoms with Crippen molar-refractivity contribution in [1.29, 1.82) is 0 Å². The highest BCUT2D eigenvalue weighted by Gasteiger charge is 2.42. The Morgan fingerprint density at radius 2 is 1.93 bits per heavy atom. The molecule has 158 valence electrons. The molecule has 3 atom stereocenters. The molecule has 9 heteroatoms. The Labute approximate surface area is 174 Å². The number of benzene rings is 1. The van der Waals surface area contributed by atoms with Gasteiger partial charge in [0.05, 0.1) is 6.04 Å². The number of carbonyl (C=O) groups is 4. The van der Waals surface area contributed by atoms with Gasteiger partial charge in [0.25, 0.3) is 5.91 Å². The first-order valence-corrected chi connectivity index (χ1v) is 10.5. The smallest absolute Gasteiger partial charge is 0.255 e. The van der Waals surface area contributed by atoms with Crippen molar-refractivity contribution in [2.24, 2.45) is 5.73 Å². The van der Waals surface area contributed by atoms with Crippen molar-refractivity contribution in [2.75, 3.05) is 19.6 Å². The lowest BCUT2D eigenvalue weighted by Gasteiger charge is -2.37. The van der Waals surface area contributed by atoms with Crippen molar-refractivity contribution in [3.8, 4) is 0 Å². The Kier molecular flexibility index (Phi) is 4.59. The number of piperazine rings is 1. The number of nitrogens with one attached hydrogen (secondary N) is 1. The molecule has 0 aliphatic carbocycles. The van der Waals surface area contributed by atoms with Crippen LogP contribution in [0.2, 0.25) is 0 Å². The summed E-state index contributed by atoms with van der Waals surface area (Å²) >= 11 is 0. The number of nitrogens with zero attached hydrogens (tertiary/aromatic N) is 3. The molecule has 0 bridgehead atoms. The third-order valence-corrected chi connectivity index (χ3v) is 6.73. The van der Waals surface area contributed by atoms with Gasteiger partial charge in [0.1, 0.15) is 6.04 Å². The molecule has 9 nitrogen and oxygen atoms in total. The molecule has 0 radical (unpaired) electrons. The van der Waals surface area contributed by atoms with Crippen molar-refractivity contribution in [2.45, 2.75) is 50.5 Å². The summed E-state index contributed by atoms with van der Waals surface area (Å²) in [7, 11) is 0. The van der Waals surface area contributed by atoms with Crippen LogP contribution in [0.4, 0.5) is 0 Å². The van der Waals surface area contributed by atoms with Crippen LogP contribution in [-0.4, -0.2) is 76.1 Å². The highest BCUT2D eigenvalue weighted by Crippen LogP contribution is 2.31. The van der Waals surface area contributed by atoms with E-state index in [4.69, 9.17) is 5.73 Å². The maximum Gasteiger partial charge on any atom is 0.255 e. The fourth-order valence-corrected chi connectivity index (χ4v) is 5.22. The topological polar surface area (TPSA) is 116 Å². The molecule has 30 heavy (non-hydrogen) atoms. The van der Waals surface area contributed by atoms with Crippen LogP contribution >= 0.6 is 0 Å². The van der Waals surface area contributed by atoms with Gasteiger partial charge in [0.15, 0.2) is 0 Å². The lowest BCUT2D eigenvalue weighted by Crippen LogP contribution is -2.52. The Morgan fingerprint density at radius 1 is 1.10 bits per heavy atom. The lowest BCUT2D eigenvalue weighted by molar-refractivity contribution is -0.137. The summed E-state index contributed by atoms with van der Waals surface area (Å²) in [5, 5.41) is 2.34. The summed E-state index contributed by atoms with van der Waals surface area (Å²) in [4.78, 5) is 54.8. The van der Waals surface area contributed by atoms with Crippen molar-refractivity contribution in [3.63, 3.8) is 0 Å². The summed E-state index contributed by atoms with van der Waals surface area (Å²) in [5.74, 6) is -0.792. The Bertz CT molecular complexity index is 947. The van der Waals surface area contributed by atoms with Gasteiger partial charge < -0.3 is 15.5 Å². The Balaban J connectivity index is 1.32. The predicted molar refractivity (Wildman–Crippen MR) is 106 cm³/mol. The van der Waals surface area contributed by atoms with Gasteiger partial charge in [-0.05, 0) is 24.0 Å². The van der Waals surface area contributed by atoms with Gasteiger partial charge in [-0.2, -0.15) is 0 Å². The molecule has 4 aliphatic rings. The minimum Gasteiger partial charge on any atom is -0.336 e. The van der Waals surface area contributed by atoms with Gasteiger partial charge >= 0.3 is 0 Å². The van der Waals surface area contributed by atoms with Gasteiger partial charge in [-0.3, -0.25) is 29.4 Å². The van der Waals surface area contributed by atoms with E-state index in [1.54, 1.807) is 4.90 Å². The van der Waals surface area contributed by atoms with E-state index in [2.05, 4.69) is 10.2 Å². The van der Waals surface area contributed by atoms with Crippen LogP contribution in [0.1, 0.15) is 40.7 Å². The average molecular weight is 411 g/mol. The second kappa shape index (κ2) is 7.17. The van der Waals surface area contributed by atoms with Crippen LogP contribution in [0.25, 0.3) is 0 Å². The molecule has 1 aromatic rings. The number of hydrogen-bond acceptors (Lipinski definition) is 6. The Hall–Kier alpha value is -2.78. The van der Waals surface area contributed by atoms with E-state index >= 15 is 0 Å². The number of piperidine rings is 1. The average Bonchev–Trinajstić information content (AvgIpc) is 3.19. The van der Waals surface area contributed by atoms with Gasteiger partial charge in [-0.1, -0.05) is 18.2 Å². The third kappa shape index (κ3) is 3.09. The molecule has 3 N–H and O–H groups in total. The van der Waals surface area contributed by atoms with Crippen molar-refractivity contribution >= 4 is 23.6 Å². The first-order chi connectivity index (χ1) is 14.4. The summed E-state index contributed by atoms with van der Waals surface area (Å²) in [6, 6.07) is 4.96. The molecule has 4 aliphatic heterocycles. The largest absolute Gasteiger partial charge is 0.336 e. The number of amides is 4. The first kappa shape index (κ1) is 19.2. The highest BCUT2D eigenvalue weighted by molar-refractivity contribution is 6.06. The van der Waals surface area contributed by atoms with E-state index < -0.39 is 18.0 Å². The van der Waals surface area contributed by atoms with E-state index in [9.17, 15) is 19.2 Å². The van der Waals surface area contributed by atoms with Crippen LogP contribution in [-0.2, 0) is 27.5 Å². The minimum absolute atomic E-state index is 0.0373. The third-order valence-electron chi connectivity index (χ3n) is 6.73. The number of nitrogens with two attached hydrogens (primary N) is 1. The zero-order valence-corrected chi connectivity index (χ0v) is 16.7.